The van der Waals surface area contributed by atoms with Crippen molar-refractivity contribution in [3.63, 3.8) is 0 Å². The highest BCUT2D eigenvalue weighted by atomic mass is 16.7. The van der Waals surface area contributed by atoms with Crippen LogP contribution in [0.25, 0.3) is 0 Å². The summed E-state index contributed by atoms with van der Waals surface area (Å²) in [7, 11) is 0. The minimum atomic E-state index is -1.78. The fourth-order valence-corrected chi connectivity index (χ4v) is 12.0. The Morgan fingerprint density at radius 3 is 1.05 bits per heavy atom. The van der Waals surface area contributed by atoms with E-state index in [1.807, 2.05) is 0 Å². The van der Waals surface area contributed by atoms with E-state index in [0.717, 1.165) is 51.4 Å². The zero-order valence-corrected chi connectivity index (χ0v) is 52.3. The Labute approximate surface area is 495 Å². The molecule has 2 aliphatic heterocycles. The van der Waals surface area contributed by atoms with Crippen LogP contribution in [0.5, 0.6) is 0 Å². The molecule has 2 saturated heterocycles. The molecule has 14 nitrogen and oxygen atoms in total. The summed E-state index contributed by atoms with van der Waals surface area (Å²) >= 11 is 0. The molecule has 0 aliphatic carbocycles. The van der Waals surface area contributed by atoms with Gasteiger partial charge in [0.2, 0.25) is 5.91 Å². The molecule has 0 radical (unpaired) electrons. The number of hydrogen-bond donors (Lipinski definition) is 9. The first-order valence-electron chi connectivity index (χ1n) is 34.8. The van der Waals surface area contributed by atoms with Crippen LogP contribution in [0, 0.1) is 0 Å². The quantitative estimate of drug-likeness (QED) is 0.0259. The van der Waals surface area contributed by atoms with Gasteiger partial charge in [0.1, 0.15) is 48.8 Å². The van der Waals surface area contributed by atoms with Gasteiger partial charge < -0.3 is 65.1 Å². The van der Waals surface area contributed by atoms with Gasteiger partial charge in [-0.05, 0) is 12.8 Å². The van der Waals surface area contributed by atoms with Gasteiger partial charge >= 0.3 is 0 Å². The molecule has 0 aromatic carbocycles. The van der Waals surface area contributed by atoms with E-state index in [0.29, 0.717) is 12.8 Å². The topological polar surface area (TPSA) is 228 Å². The Morgan fingerprint density at radius 2 is 0.704 bits per heavy atom. The lowest BCUT2D eigenvalue weighted by Gasteiger charge is -2.46. The van der Waals surface area contributed by atoms with Gasteiger partial charge in [-0.15, -0.1) is 0 Å². The molecule has 1 amide bonds. The van der Waals surface area contributed by atoms with E-state index in [9.17, 15) is 45.6 Å². The number of rotatable bonds is 58. The molecule has 2 heterocycles. The van der Waals surface area contributed by atoms with Crippen molar-refractivity contribution in [2.45, 2.75) is 402 Å². The minimum absolute atomic E-state index is 0.199. The molecule has 0 aromatic rings. The zero-order valence-electron chi connectivity index (χ0n) is 52.3. The monoisotopic (exact) mass is 1160 g/mol. The molecule has 14 heteroatoms. The van der Waals surface area contributed by atoms with Crippen LogP contribution < -0.4 is 5.32 Å². The molecule has 0 aromatic heterocycles. The maximum atomic E-state index is 13.3. The van der Waals surface area contributed by atoms with E-state index in [1.54, 1.807) is 0 Å². The first kappa shape index (κ1) is 76.1. The van der Waals surface area contributed by atoms with Crippen LogP contribution >= 0.6 is 0 Å². The van der Waals surface area contributed by atoms with E-state index in [-0.39, 0.29) is 12.5 Å². The van der Waals surface area contributed by atoms with Crippen LogP contribution in [0.1, 0.15) is 328 Å². The third-order valence-electron chi connectivity index (χ3n) is 17.6. The van der Waals surface area contributed by atoms with E-state index in [1.165, 1.54) is 250 Å². The highest BCUT2D eigenvalue weighted by molar-refractivity contribution is 5.76. The van der Waals surface area contributed by atoms with Crippen LogP contribution in [-0.2, 0) is 23.7 Å². The Bertz CT molecular complexity index is 1360. The van der Waals surface area contributed by atoms with Crippen LogP contribution in [0.3, 0.4) is 0 Å². The second-order valence-corrected chi connectivity index (χ2v) is 25.0. The van der Waals surface area contributed by atoms with E-state index in [2.05, 4.69) is 19.2 Å². The van der Waals surface area contributed by atoms with Crippen molar-refractivity contribution in [1.82, 2.24) is 5.32 Å². The fraction of sp³-hybridized carbons (Fsp3) is 0.985. The van der Waals surface area contributed by atoms with Crippen LogP contribution in [0.2, 0.25) is 0 Å². The fourth-order valence-electron chi connectivity index (χ4n) is 12.0. The molecule has 482 valence electrons. The molecule has 12 unspecified atom stereocenters. The Balaban J connectivity index is 1.56. The normalized spacial score (nSPS) is 24.0. The number of carbonyl (C=O) groups excluding carboxylic acids is 1. The van der Waals surface area contributed by atoms with Crippen LogP contribution in [-0.4, -0.2) is 140 Å². The lowest BCUT2D eigenvalue weighted by molar-refractivity contribution is -0.359. The van der Waals surface area contributed by atoms with Crippen LogP contribution in [0.15, 0.2) is 0 Å². The van der Waals surface area contributed by atoms with E-state index < -0.39 is 86.8 Å². The minimum Gasteiger partial charge on any atom is -0.394 e. The molecule has 0 spiro atoms. The van der Waals surface area contributed by atoms with E-state index in [4.69, 9.17) is 18.9 Å². The standard InChI is InChI=1S/C67H131NO13/c1-3-5-7-9-11-13-15-17-18-19-20-21-22-23-24-25-26-27-28-29-30-31-32-33-34-35-36-37-38-39-41-43-45-47-49-51-59(72)68-55(56(71)50-48-46-44-42-40-16-14-12-10-8-6-4-2)54-78-66-64(77)62(75)65(58(53-70)80-66)81-67-63(76)61(74)60(73)57(52-69)79-67/h55-58,60-67,69-71,73-77H,3-54H2,1-2H3,(H,68,72). The average Bonchev–Trinajstić information content (AvgIpc) is 3.46. The number of ether oxygens (including phenoxy) is 4. The number of amides is 1. The molecule has 0 saturated carbocycles. The van der Waals surface area contributed by atoms with Crippen molar-refractivity contribution in [3.05, 3.63) is 0 Å². The lowest BCUT2D eigenvalue weighted by Crippen LogP contribution is -2.65. The summed E-state index contributed by atoms with van der Waals surface area (Å²) < 4.78 is 22.9. The Morgan fingerprint density at radius 1 is 0.395 bits per heavy atom. The summed E-state index contributed by atoms with van der Waals surface area (Å²) in [5.41, 5.74) is 0. The van der Waals surface area contributed by atoms with Crippen molar-refractivity contribution < 1.29 is 64.6 Å². The SMILES string of the molecule is CCCCCCCCCCCCCCCCCCCCCCCCCCCCCCCCCCCCCC(=O)NC(COC1OC(CO)C(OC2OC(CO)C(O)C(O)C2O)C(O)C1O)C(O)CCCCCCCCCCCCCC. The van der Waals surface area contributed by atoms with Crippen molar-refractivity contribution in [3.8, 4) is 0 Å². The smallest absolute Gasteiger partial charge is 0.220 e. The summed E-state index contributed by atoms with van der Waals surface area (Å²) in [5, 5.41) is 87.3. The average molecular weight is 1160 g/mol. The molecule has 2 fully saturated rings. The third kappa shape index (κ3) is 38.0. The molecule has 2 rings (SSSR count). The summed E-state index contributed by atoms with van der Waals surface area (Å²) in [6.07, 6.45) is 45.8. The lowest BCUT2D eigenvalue weighted by atomic mass is 9.97. The number of unbranched alkanes of at least 4 members (excludes halogenated alkanes) is 45. The van der Waals surface area contributed by atoms with E-state index >= 15 is 0 Å². The van der Waals surface area contributed by atoms with Crippen molar-refractivity contribution in [2.24, 2.45) is 0 Å². The molecule has 2 aliphatic rings. The number of aliphatic hydroxyl groups is 8. The summed E-state index contributed by atoms with van der Waals surface area (Å²) in [6, 6.07) is -0.822. The number of aliphatic hydroxyl groups excluding tert-OH is 8. The molecule has 0 bridgehead atoms. The van der Waals surface area contributed by atoms with Crippen molar-refractivity contribution >= 4 is 5.91 Å². The highest BCUT2D eigenvalue weighted by Gasteiger charge is 2.51. The van der Waals surface area contributed by atoms with Gasteiger partial charge in [0, 0.05) is 6.42 Å². The molecule has 12 atom stereocenters. The summed E-state index contributed by atoms with van der Waals surface area (Å²) in [4.78, 5) is 13.3. The van der Waals surface area contributed by atoms with Crippen molar-refractivity contribution in [2.75, 3.05) is 19.8 Å². The van der Waals surface area contributed by atoms with Gasteiger partial charge in [-0.2, -0.15) is 0 Å². The Hall–Kier alpha value is -1.01. The predicted molar refractivity (Wildman–Crippen MR) is 328 cm³/mol. The predicted octanol–water partition coefficient (Wildman–Crippen LogP) is 13.6. The molecular formula is C67H131NO13. The van der Waals surface area contributed by atoms with Crippen molar-refractivity contribution in [1.29, 1.82) is 0 Å². The maximum absolute atomic E-state index is 13.3. The maximum Gasteiger partial charge on any atom is 0.220 e. The third-order valence-corrected chi connectivity index (χ3v) is 17.6. The van der Waals surface area contributed by atoms with Crippen LogP contribution in [0.4, 0.5) is 0 Å². The largest absolute Gasteiger partial charge is 0.394 e. The van der Waals surface area contributed by atoms with Gasteiger partial charge in [-0.25, -0.2) is 0 Å². The van der Waals surface area contributed by atoms with Gasteiger partial charge in [0.05, 0.1) is 32.0 Å². The molecular weight excluding hydrogens is 1030 g/mol. The van der Waals surface area contributed by atoms with Gasteiger partial charge in [0.15, 0.2) is 12.6 Å². The summed E-state index contributed by atoms with van der Waals surface area (Å²) in [5.74, 6) is -0.199. The second kappa shape index (κ2) is 53.2. The number of hydrogen-bond acceptors (Lipinski definition) is 13. The zero-order chi connectivity index (χ0) is 58.8. The number of nitrogens with one attached hydrogen (secondary N) is 1. The van der Waals surface area contributed by atoms with Gasteiger partial charge in [-0.1, -0.05) is 309 Å². The molecule has 9 N–H and O–H groups in total. The Kier molecular flexibility index (Phi) is 50.0. The summed E-state index contributed by atoms with van der Waals surface area (Å²) in [6.45, 7) is 2.90. The first-order chi connectivity index (χ1) is 39.6. The number of carbonyl (C=O) groups is 1. The van der Waals surface area contributed by atoms with Gasteiger partial charge in [0.25, 0.3) is 0 Å². The highest BCUT2D eigenvalue weighted by Crippen LogP contribution is 2.30. The molecule has 81 heavy (non-hydrogen) atoms. The second-order valence-electron chi connectivity index (χ2n) is 25.0. The van der Waals surface area contributed by atoms with Gasteiger partial charge in [-0.3, -0.25) is 4.79 Å². The first-order valence-corrected chi connectivity index (χ1v) is 34.8.